The van der Waals surface area contributed by atoms with E-state index in [9.17, 15) is 4.79 Å². The molecule has 3 rings (SSSR count). The Kier molecular flexibility index (Phi) is 8.82. The minimum Gasteiger partial charge on any atom is -0.490 e. The minimum atomic E-state index is -0.170. The number of nitrogens with one attached hydrogen (secondary N) is 1. The summed E-state index contributed by atoms with van der Waals surface area (Å²) in [6.45, 7) is 2.79. The van der Waals surface area contributed by atoms with E-state index in [2.05, 4.69) is 10.5 Å². The smallest absolute Gasteiger partial charge is 0.250 e. The number of carbonyl (C=O) groups excluding carboxylic acids is 1. The second kappa shape index (κ2) is 12.0. The van der Waals surface area contributed by atoms with Gasteiger partial charge in [0.2, 0.25) is 5.91 Å². The number of nitrogens with zero attached hydrogens (tertiary/aromatic N) is 1. The number of hydrazone groups is 1. The molecular weight excluding hydrogens is 432 g/mol. The van der Waals surface area contributed by atoms with Gasteiger partial charge in [-0.05, 0) is 60.5 Å². The predicted molar refractivity (Wildman–Crippen MR) is 126 cm³/mol. The molecule has 3 aromatic carbocycles. The van der Waals surface area contributed by atoms with E-state index in [0.717, 1.165) is 16.0 Å². The van der Waals surface area contributed by atoms with Gasteiger partial charge in [0.15, 0.2) is 11.5 Å². The lowest BCUT2D eigenvalue weighted by Gasteiger charge is -2.12. The molecule has 3 aromatic rings. The van der Waals surface area contributed by atoms with Crippen LogP contribution in [0.4, 0.5) is 0 Å². The van der Waals surface area contributed by atoms with Gasteiger partial charge in [-0.25, -0.2) is 5.43 Å². The SMILES string of the molecule is CCOc1cc(/C=N\NC(=O)CSc2ccccc2)ccc1OCc1cccc(Cl)c1. The first-order chi connectivity index (χ1) is 15.1. The highest BCUT2D eigenvalue weighted by Gasteiger charge is 2.07. The molecule has 0 aromatic heterocycles. The van der Waals surface area contributed by atoms with Gasteiger partial charge in [0, 0.05) is 9.92 Å². The Morgan fingerprint density at radius 3 is 2.65 bits per heavy atom. The van der Waals surface area contributed by atoms with Crippen LogP contribution in [0.25, 0.3) is 0 Å². The number of ether oxygens (including phenoxy) is 2. The molecule has 1 N–H and O–H groups in total. The predicted octanol–water partition coefficient (Wildman–Crippen LogP) is 5.56. The molecule has 31 heavy (non-hydrogen) atoms. The highest BCUT2D eigenvalue weighted by Crippen LogP contribution is 2.29. The second-order valence-corrected chi connectivity index (χ2v) is 7.94. The topological polar surface area (TPSA) is 59.9 Å². The summed E-state index contributed by atoms with van der Waals surface area (Å²) in [5.41, 5.74) is 4.30. The van der Waals surface area contributed by atoms with Gasteiger partial charge in [0.05, 0.1) is 18.6 Å². The Morgan fingerprint density at radius 2 is 1.87 bits per heavy atom. The average Bonchev–Trinajstić information content (AvgIpc) is 2.78. The van der Waals surface area contributed by atoms with Gasteiger partial charge in [-0.2, -0.15) is 5.10 Å². The molecule has 0 heterocycles. The van der Waals surface area contributed by atoms with E-state index in [4.69, 9.17) is 21.1 Å². The number of halogens is 1. The molecule has 7 heteroatoms. The standard InChI is InChI=1S/C24H23ClN2O3S/c1-2-29-23-14-18(11-12-22(23)30-16-19-7-6-8-20(25)13-19)15-26-27-24(28)17-31-21-9-4-3-5-10-21/h3-15H,2,16-17H2,1H3,(H,27,28)/b26-15-. The Labute approximate surface area is 191 Å². The fourth-order valence-corrected chi connectivity index (χ4v) is 3.58. The molecule has 0 radical (unpaired) electrons. The van der Waals surface area contributed by atoms with Crippen molar-refractivity contribution in [2.24, 2.45) is 5.10 Å². The summed E-state index contributed by atoms with van der Waals surface area (Å²) in [7, 11) is 0. The summed E-state index contributed by atoms with van der Waals surface area (Å²) in [6.07, 6.45) is 1.58. The number of thioether (sulfide) groups is 1. The molecule has 0 fully saturated rings. The van der Waals surface area contributed by atoms with E-state index >= 15 is 0 Å². The maximum atomic E-state index is 12.0. The lowest BCUT2D eigenvalue weighted by Crippen LogP contribution is -2.19. The van der Waals surface area contributed by atoms with Crippen LogP contribution in [0.2, 0.25) is 5.02 Å². The zero-order valence-corrected chi connectivity index (χ0v) is 18.7. The van der Waals surface area contributed by atoms with E-state index in [0.29, 0.717) is 35.5 Å². The van der Waals surface area contributed by atoms with Crippen LogP contribution in [0.1, 0.15) is 18.1 Å². The van der Waals surface area contributed by atoms with Crippen molar-refractivity contribution < 1.29 is 14.3 Å². The fraction of sp³-hybridized carbons (Fsp3) is 0.167. The largest absolute Gasteiger partial charge is 0.490 e. The summed E-state index contributed by atoms with van der Waals surface area (Å²) in [6, 6.07) is 22.8. The summed E-state index contributed by atoms with van der Waals surface area (Å²) in [5.74, 6) is 1.36. The third-order valence-corrected chi connectivity index (χ3v) is 5.31. The molecule has 0 atom stereocenters. The van der Waals surface area contributed by atoms with E-state index in [-0.39, 0.29) is 5.91 Å². The number of amides is 1. The number of benzene rings is 3. The van der Waals surface area contributed by atoms with Crippen LogP contribution in [0, 0.1) is 0 Å². The van der Waals surface area contributed by atoms with Crippen molar-refractivity contribution in [3.8, 4) is 11.5 Å². The van der Waals surface area contributed by atoms with Crippen LogP contribution in [0.5, 0.6) is 11.5 Å². The quantitative estimate of drug-likeness (QED) is 0.247. The third-order valence-electron chi connectivity index (χ3n) is 4.07. The molecule has 0 aliphatic heterocycles. The first-order valence-corrected chi connectivity index (χ1v) is 11.1. The maximum Gasteiger partial charge on any atom is 0.250 e. The van der Waals surface area contributed by atoms with Crippen molar-refractivity contribution in [1.82, 2.24) is 5.43 Å². The van der Waals surface area contributed by atoms with Gasteiger partial charge in [0.1, 0.15) is 6.61 Å². The van der Waals surface area contributed by atoms with E-state index in [1.807, 2.05) is 79.7 Å². The lowest BCUT2D eigenvalue weighted by molar-refractivity contribution is -0.118. The van der Waals surface area contributed by atoms with Gasteiger partial charge in [0.25, 0.3) is 0 Å². The molecule has 5 nitrogen and oxygen atoms in total. The average molecular weight is 455 g/mol. The van der Waals surface area contributed by atoms with Crippen LogP contribution < -0.4 is 14.9 Å². The normalized spacial score (nSPS) is 10.8. The number of rotatable bonds is 10. The molecule has 1 amide bonds. The number of carbonyl (C=O) groups is 1. The zero-order valence-electron chi connectivity index (χ0n) is 17.1. The molecule has 0 spiro atoms. The zero-order chi connectivity index (χ0) is 21.9. The van der Waals surface area contributed by atoms with Gasteiger partial charge < -0.3 is 9.47 Å². The minimum absolute atomic E-state index is 0.170. The van der Waals surface area contributed by atoms with E-state index < -0.39 is 0 Å². The fourth-order valence-electron chi connectivity index (χ4n) is 2.66. The Balaban J connectivity index is 1.55. The highest BCUT2D eigenvalue weighted by atomic mass is 35.5. The van der Waals surface area contributed by atoms with Crippen LogP contribution in [0.15, 0.2) is 82.8 Å². The third kappa shape index (κ3) is 7.66. The second-order valence-electron chi connectivity index (χ2n) is 6.45. The van der Waals surface area contributed by atoms with Crippen LogP contribution in [-0.4, -0.2) is 24.5 Å². The van der Waals surface area contributed by atoms with Crippen molar-refractivity contribution in [1.29, 1.82) is 0 Å². The lowest BCUT2D eigenvalue weighted by atomic mass is 10.2. The molecule has 0 saturated heterocycles. The van der Waals surface area contributed by atoms with Crippen LogP contribution in [0.3, 0.4) is 0 Å². The number of hydrogen-bond acceptors (Lipinski definition) is 5. The van der Waals surface area contributed by atoms with Gasteiger partial charge in [-0.3, -0.25) is 4.79 Å². The molecule has 160 valence electrons. The van der Waals surface area contributed by atoms with E-state index in [1.54, 1.807) is 6.21 Å². The molecule has 0 bridgehead atoms. The van der Waals surface area contributed by atoms with Crippen molar-refractivity contribution in [3.63, 3.8) is 0 Å². The van der Waals surface area contributed by atoms with Gasteiger partial charge in [-0.15, -0.1) is 11.8 Å². The Morgan fingerprint density at radius 1 is 1.03 bits per heavy atom. The molecular formula is C24H23ClN2O3S. The van der Waals surface area contributed by atoms with Crippen molar-refractivity contribution in [2.45, 2.75) is 18.4 Å². The maximum absolute atomic E-state index is 12.0. The molecule has 0 unspecified atom stereocenters. The highest BCUT2D eigenvalue weighted by molar-refractivity contribution is 8.00. The van der Waals surface area contributed by atoms with Crippen LogP contribution >= 0.6 is 23.4 Å². The van der Waals surface area contributed by atoms with Crippen molar-refractivity contribution in [2.75, 3.05) is 12.4 Å². The van der Waals surface area contributed by atoms with E-state index in [1.165, 1.54) is 11.8 Å². The first kappa shape index (κ1) is 22.7. The monoisotopic (exact) mass is 454 g/mol. The summed E-state index contributed by atoms with van der Waals surface area (Å²) in [4.78, 5) is 13.0. The molecule has 0 saturated carbocycles. The summed E-state index contributed by atoms with van der Waals surface area (Å²) < 4.78 is 11.6. The van der Waals surface area contributed by atoms with Crippen molar-refractivity contribution in [3.05, 3.63) is 88.9 Å². The summed E-state index contributed by atoms with van der Waals surface area (Å²) in [5, 5.41) is 4.71. The molecule has 0 aliphatic carbocycles. The number of hydrogen-bond donors (Lipinski definition) is 1. The van der Waals surface area contributed by atoms with Crippen molar-refractivity contribution >= 4 is 35.5 Å². The summed E-state index contributed by atoms with van der Waals surface area (Å²) >= 11 is 7.48. The first-order valence-electron chi connectivity index (χ1n) is 9.78. The Hall–Kier alpha value is -2.96. The Bertz CT molecular complexity index is 1030. The van der Waals surface area contributed by atoms with Gasteiger partial charge >= 0.3 is 0 Å². The van der Waals surface area contributed by atoms with Gasteiger partial charge in [-0.1, -0.05) is 41.9 Å². The van der Waals surface area contributed by atoms with Crippen LogP contribution in [-0.2, 0) is 11.4 Å². The molecule has 0 aliphatic rings.